The molecule has 0 spiro atoms. The van der Waals surface area contributed by atoms with Crippen LogP contribution in [0.5, 0.6) is 0 Å². The fourth-order valence-electron chi connectivity index (χ4n) is 1.49. The number of hydrogen-bond donors (Lipinski definition) is 0. The van der Waals surface area contributed by atoms with Crippen molar-refractivity contribution >= 4 is 56.9 Å². The quantitative estimate of drug-likeness (QED) is 0.418. The van der Waals surface area contributed by atoms with Crippen LogP contribution in [0.15, 0.2) is 0 Å². The van der Waals surface area contributed by atoms with Crippen molar-refractivity contribution in [1.29, 1.82) is 0 Å². The zero-order chi connectivity index (χ0) is 18.0. The molecule has 0 saturated heterocycles. The van der Waals surface area contributed by atoms with Crippen LogP contribution in [0.25, 0.3) is 0 Å². The molecule has 0 heterocycles. The molecule has 0 aliphatic carbocycles. The van der Waals surface area contributed by atoms with E-state index in [1.165, 1.54) is 0 Å². The van der Waals surface area contributed by atoms with Gasteiger partial charge in [0.15, 0.2) is 9.84 Å². The van der Waals surface area contributed by atoms with Gasteiger partial charge < -0.3 is 0 Å². The topological polar surface area (TPSA) is 34.1 Å². The van der Waals surface area contributed by atoms with Crippen LogP contribution >= 0.6 is 47.0 Å². The molecule has 0 aliphatic heterocycles. The summed E-state index contributed by atoms with van der Waals surface area (Å²) in [5, 5.41) is 0. The standard InChI is InChI=1S/C16H34O2S5/c1-15(2,3)21-9-7-19-11-13-23(17,18)14-12-20-8-10-22-16(4,5)6/h7-14H2,1-6H3. The second-order valence-corrected chi connectivity index (χ2v) is 15.9. The van der Waals surface area contributed by atoms with E-state index in [9.17, 15) is 8.42 Å². The molecule has 0 unspecified atom stereocenters. The average Bonchev–Trinajstić information content (AvgIpc) is 2.35. The van der Waals surface area contributed by atoms with E-state index in [1.807, 2.05) is 23.5 Å². The number of sulfone groups is 1. The molecule has 0 N–H and O–H groups in total. The minimum atomic E-state index is -2.87. The lowest BCUT2D eigenvalue weighted by atomic mass is 10.3. The third-order valence-corrected chi connectivity index (χ3v) is 9.81. The van der Waals surface area contributed by atoms with Gasteiger partial charge in [0, 0.05) is 44.0 Å². The summed E-state index contributed by atoms with van der Waals surface area (Å²) in [5.41, 5.74) is 0. The van der Waals surface area contributed by atoms with Gasteiger partial charge in [-0.3, -0.25) is 0 Å². The minimum Gasteiger partial charge on any atom is -0.229 e. The van der Waals surface area contributed by atoms with Crippen LogP contribution in [0, 0.1) is 0 Å². The second kappa shape index (κ2) is 11.9. The van der Waals surface area contributed by atoms with Crippen LogP contribution in [0.1, 0.15) is 41.5 Å². The molecular weight excluding hydrogens is 385 g/mol. The van der Waals surface area contributed by atoms with Crippen molar-refractivity contribution < 1.29 is 8.42 Å². The maximum Gasteiger partial charge on any atom is 0.151 e. The van der Waals surface area contributed by atoms with Gasteiger partial charge >= 0.3 is 0 Å². The number of rotatable bonds is 12. The molecule has 0 aromatic rings. The predicted octanol–water partition coefficient (Wildman–Crippen LogP) is 4.93. The third kappa shape index (κ3) is 19.5. The summed E-state index contributed by atoms with van der Waals surface area (Å²) in [7, 11) is -2.87. The summed E-state index contributed by atoms with van der Waals surface area (Å²) in [6.07, 6.45) is 0. The van der Waals surface area contributed by atoms with Gasteiger partial charge in [0.05, 0.1) is 11.5 Å². The first-order valence-electron chi connectivity index (χ1n) is 8.05. The molecule has 0 saturated carbocycles. The maximum atomic E-state index is 12.0. The lowest BCUT2D eigenvalue weighted by molar-refractivity contribution is 0.599. The van der Waals surface area contributed by atoms with E-state index >= 15 is 0 Å². The highest BCUT2D eigenvalue weighted by Gasteiger charge is 2.13. The van der Waals surface area contributed by atoms with Crippen molar-refractivity contribution in [3.05, 3.63) is 0 Å². The third-order valence-electron chi connectivity index (χ3n) is 2.60. The average molecular weight is 419 g/mol. The molecule has 0 atom stereocenters. The van der Waals surface area contributed by atoms with Crippen LogP contribution in [0.3, 0.4) is 0 Å². The molecule has 0 aromatic heterocycles. The highest BCUT2D eigenvalue weighted by molar-refractivity contribution is 8.05. The molecule has 0 aliphatic rings. The van der Waals surface area contributed by atoms with E-state index in [0.717, 1.165) is 34.5 Å². The molecular formula is C16H34O2S5. The Morgan fingerprint density at radius 1 is 0.609 bits per heavy atom. The van der Waals surface area contributed by atoms with Gasteiger partial charge in [-0.05, 0) is 0 Å². The van der Waals surface area contributed by atoms with Gasteiger partial charge in [-0.15, -0.1) is 0 Å². The van der Waals surface area contributed by atoms with E-state index in [0.29, 0.717) is 21.0 Å². The second-order valence-electron chi connectivity index (χ2n) is 7.30. The molecule has 0 radical (unpaired) electrons. The van der Waals surface area contributed by atoms with E-state index in [2.05, 4.69) is 41.5 Å². The smallest absolute Gasteiger partial charge is 0.151 e. The van der Waals surface area contributed by atoms with Crippen LogP contribution in [0.4, 0.5) is 0 Å². The Morgan fingerprint density at radius 2 is 0.957 bits per heavy atom. The van der Waals surface area contributed by atoms with E-state index < -0.39 is 9.84 Å². The summed E-state index contributed by atoms with van der Waals surface area (Å²) >= 11 is 7.40. The molecule has 23 heavy (non-hydrogen) atoms. The molecule has 0 fully saturated rings. The van der Waals surface area contributed by atoms with Gasteiger partial charge in [-0.2, -0.15) is 47.0 Å². The van der Waals surface area contributed by atoms with Crippen molar-refractivity contribution in [3.8, 4) is 0 Å². The first-order chi connectivity index (χ1) is 10.4. The van der Waals surface area contributed by atoms with Gasteiger partial charge in [-0.1, -0.05) is 41.5 Å². The predicted molar refractivity (Wildman–Crippen MR) is 118 cm³/mol. The van der Waals surface area contributed by atoms with Gasteiger partial charge in [0.25, 0.3) is 0 Å². The van der Waals surface area contributed by atoms with E-state index in [4.69, 9.17) is 0 Å². The van der Waals surface area contributed by atoms with Crippen molar-refractivity contribution in [3.63, 3.8) is 0 Å². The molecule has 0 aromatic carbocycles. The first kappa shape index (κ1) is 24.4. The van der Waals surface area contributed by atoms with Gasteiger partial charge in [-0.25, -0.2) is 8.42 Å². The molecule has 0 rings (SSSR count). The number of thioether (sulfide) groups is 4. The molecule has 140 valence electrons. The van der Waals surface area contributed by atoms with Crippen molar-refractivity contribution in [2.45, 2.75) is 51.0 Å². The molecule has 0 bridgehead atoms. The van der Waals surface area contributed by atoms with Crippen LogP contribution in [0.2, 0.25) is 0 Å². The van der Waals surface area contributed by atoms with Crippen molar-refractivity contribution in [2.75, 3.05) is 46.0 Å². The number of hydrogen-bond acceptors (Lipinski definition) is 6. The maximum absolute atomic E-state index is 12.0. The lowest BCUT2D eigenvalue weighted by Crippen LogP contribution is -2.15. The fraction of sp³-hybridized carbons (Fsp3) is 1.00. The summed E-state index contributed by atoms with van der Waals surface area (Å²) in [4.78, 5) is 0. The SMILES string of the molecule is CC(C)(C)SCCSCCS(=O)(=O)CCSCCSC(C)(C)C. The Morgan fingerprint density at radius 3 is 1.26 bits per heavy atom. The summed E-state index contributed by atoms with van der Waals surface area (Å²) < 4.78 is 24.6. The Hall–Kier alpha value is 1.35. The summed E-state index contributed by atoms with van der Waals surface area (Å²) in [6, 6.07) is 0. The van der Waals surface area contributed by atoms with Crippen LogP contribution in [-0.4, -0.2) is 63.9 Å². The first-order valence-corrected chi connectivity index (χ1v) is 14.2. The minimum absolute atomic E-state index is 0.301. The Kier molecular flexibility index (Phi) is 12.6. The highest BCUT2D eigenvalue weighted by Crippen LogP contribution is 2.24. The van der Waals surface area contributed by atoms with Crippen molar-refractivity contribution in [2.24, 2.45) is 0 Å². The molecule has 2 nitrogen and oxygen atoms in total. The van der Waals surface area contributed by atoms with Crippen LogP contribution < -0.4 is 0 Å². The molecule has 7 heteroatoms. The van der Waals surface area contributed by atoms with Crippen molar-refractivity contribution in [1.82, 2.24) is 0 Å². The van der Waals surface area contributed by atoms with Gasteiger partial charge in [0.1, 0.15) is 0 Å². The zero-order valence-corrected chi connectivity index (χ0v) is 19.6. The van der Waals surface area contributed by atoms with E-state index in [1.54, 1.807) is 23.5 Å². The normalized spacial score (nSPS) is 13.5. The van der Waals surface area contributed by atoms with Crippen LogP contribution in [-0.2, 0) is 9.84 Å². The zero-order valence-electron chi connectivity index (χ0n) is 15.5. The monoisotopic (exact) mass is 418 g/mol. The summed E-state index contributed by atoms with van der Waals surface area (Å²) in [6.45, 7) is 13.3. The summed E-state index contributed by atoms with van der Waals surface area (Å²) in [5.74, 6) is 6.39. The highest BCUT2D eigenvalue weighted by atomic mass is 32.2. The lowest BCUT2D eigenvalue weighted by Gasteiger charge is -2.17. The molecule has 0 amide bonds. The van der Waals surface area contributed by atoms with E-state index in [-0.39, 0.29) is 0 Å². The Labute approximate surface area is 161 Å². The largest absolute Gasteiger partial charge is 0.229 e. The fourth-order valence-corrected chi connectivity index (χ4v) is 7.91. The Bertz CT molecular complexity index is 362. The van der Waals surface area contributed by atoms with Gasteiger partial charge in [0.2, 0.25) is 0 Å². The Balaban J connectivity index is 3.59.